The fraction of sp³-hybridized carbons (Fsp3) is 0.0976. The number of hydrogen-bond donors (Lipinski definition) is 0. The summed E-state index contributed by atoms with van der Waals surface area (Å²) in [5.41, 5.74) is 8.25. The fourth-order valence-corrected chi connectivity index (χ4v) is 23.3. The molecule has 6 aromatic rings. The van der Waals surface area contributed by atoms with Crippen LogP contribution in [0.1, 0.15) is 28.7 Å². The van der Waals surface area contributed by atoms with Crippen molar-refractivity contribution in [3.8, 4) is 11.1 Å². The zero-order chi connectivity index (χ0) is 28.5. The van der Waals surface area contributed by atoms with Gasteiger partial charge in [-0.2, -0.15) is 0 Å². The Bertz CT molecular complexity index is 2140. The van der Waals surface area contributed by atoms with Gasteiger partial charge >= 0.3 is 251 Å². The molecule has 0 bridgehead atoms. The normalized spacial score (nSPS) is 14.3. The van der Waals surface area contributed by atoms with Gasteiger partial charge in [0.25, 0.3) is 0 Å². The van der Waals surface area contributed by atoms with E-state index in [0.29, 0.717) is 0 Å². The predicted octanol–water partition coefficient (Wildman–Crippen LogP) is 8.42. The van der Waals surface area contributed by atoms with Gasteiger partial charge in [0.05, 0.1) is 0 Å². The fourth-order valence-electron chi connectivity index (χ4n) is 8.10. The summed E-state index contributed by atoms with van der Waals surface area (Å²) in [4.78, 5) is 0. The van der Waals surface area contributed by atoms with Gasteiger partial charge in [0.1, 0.15) is 0 Å². The molecule has 0 unspecified atom stereocenters. The van der Waals surface area contributed by atoms with Crippen LogP contribution in [0.25, 0.3) is 32.7 Å². The first-order valence-electron chi connectivity index (χ1n) is 15.1. The van der Waals surface area contributed by atoms with Gasteiger partial charge in [-0.15, -0.1) is 0 Å². The van der Waals surface area contributed by atoms with E-state index in [1.165, 1.54) is 68.0 Å². The minimum atomic E-state index is -4.76. The molecular weight excluding hydrogens is 584 g/mol. The van der Waals surface area contributed by atoms with Gasteiger partial charge in [0, 0.05) is 0 Å². The van der Waals surface area contributed by atoms with Gasteiger partial charge in [-0.25, -0.2) is 0 Å². The summed E-state index contributed by atoms with van der Waals surface area (Å²) in [6.45, 7) is 4.38. The van der Waals surface area contributed by atoms with Crippen LogP contribution in [-0.2, 0) is 24.7 Å². The molecule has 0 saturated carbocycles. The summed E-state index contributed by atoms with van der Waals surface area (Å²) in [5.74, 6) is 0. The summed E-state index contributed by atoms with van der Waals surface area (Å²) < 4.78 is 11.4. The van der Waals surface area contributed by atoms with Gasteiger partial charge < -0.3 is 0 Å². The van der Waals surface area contributed by atoms with Crippen LogP contribution in [0.5, 0.6) is 0 Å². The molecule has 0 saturated heterocycles. The molecule has 1 heteroatoms. The van der Waals surface area contributed by atoms with Gasteiger partial charge in [0.2, 0.25) is 0 Å². The molecule has 0 radical (unpaired) electrons. The van der Waals surface area contributed by atoms with Crippen molar-refractivity contribution in [2.75, 3.05) is 0 Å². The van der Waals surface area contributed by atoms with E-state index in [9.17, 15) is 0 Å². The number of allylic oxidation sites excluding steroid dienone is 4. The number of aryl methyl sites for hydroxylation is 2. The van der Waals surface area contributed by atoms with Crippen LogP contribution in [0.15, 0.2) is 137 Å². The molecule has 0 heterocycles. The molecule has 0 nitrogen and oxygen atoms in total. The van der Waals surface area contributed by atoms with Crippen molar-refractivity contribution in [3.63, 3.8) is 0 Å². The number of rotatable bonds is 4. The van der Waals surface area contributed by atoms with Crippen LogP contribution in [0, 0.1) is 13.8 Å². The van der Waals surface area contributed by atoms with E-state index < -0.39 is 18.3 Å². The van der Waals surface area contributed by atoms with Crippen molar-refractivity contribution < 1.29 is 18.3 Å². The molecule has 0 spiro atoms. The monoisotopic (exact) mass is 616 g/mol. The zero-order valence-corrected chi connectivity index (χ0v) is 26.8. The Kier molecular flexibility index (Phi) is 5.70. The topological polar surface area (TPSA) is 0 Å². The predicted molar refractivity (Wildman–Crippen MR) is 180 cm³/mol. The van der Waals surface area contributed by atoms with E-state index in [4.69, 9.17) is 4.21 Å². The van der Waals surface area contributed by atoms with Crippen molar-refractivity contribution in [2.24, 2.45) is 0 Å². The van der Waals surface area contributed by atoms with Crippen molar-refractivity contribution in [3.05, 3.63) is 159 Å². The minimum absolute atomic E-state index is 0.947. The van der Waals surface area contributed by atoms with Crippen LogP contribution in [0.2, 0.25) is 0 Å². The maximum atomic E-state index is 5.66. The average molecular weight is 618 g/mol. The molecule has 2 aliphatic carbocycles. The van der Waals surface area contributed by atoms with Gasteiger partial charge in [-0.3, -0.25) is 0 Å². The first kappa shape index (κ1) is 25.8. The van der Waals surface area contributed by atoms with Crippen LogP contribution in [0.4, 0.5) is 0 Å². The molecule has 0 N–H and O–H groups in total. The average Bonchev–Trinajstić information content (AvgIpc) is 3.71. The number of fused-ring (bicyclic) bond motifs is 8. The van der Waals surface area contributed by atoms with Crippen molar-refractivity contribution in [2.45, 2.75) is 26.7 Å². The molecule has 0 amide bonds. The molecule has 0 fully saturated rings. The van der Waals surface area contributed by atoms with Crippen LogP contribution < -0.4 is 9.81 Å². The van der Waals surface area contributed by atoms with E-state index in [0.717, 1.165) is 12.8 Å². The molecule has 202 valence electrons. The summed E-state index contributed by atoms with van der Waals surface area (Å²) >= 11 is -4.76. The second-order valence-electron chi connectivity index (χ2n) is 12.5. The van der Waals surface area contributed by atoms with Crippen LogP contribution >= 0.6 is 0 Å². The molecule has 0 aromatic heterocycles. The first-order valence-corrected chi connectivity index (χ1v) is 21.7. The third-order valence-corrected chi connectivity index (χ3v) is 26.5. The molecule has 2 aliphatic rings. The molecule has 6 aromatic carbocycles. The third kappa shape index (κ3) is 3.35. The zero-order valence-electron chi connectivity index (χ0n) is 24.3. The molecule has 0 aliphatic heterocycles. The quantitative estimate of drug-likeness (QED) is 0.174. The Labute approximate surface area is 249 Å². The van der Waals surface area contributed by atoms with E-state index in [1.807, 2.05) is 0 Å². The summed E-state index contributed by atoms with van der Waals surface area (Å²) in [7, 11) is 0. The third-order valence-electron chi connectivity index (χ3n) is 10.3. The van der Waals surface area contributed by atoms with Crippen LogP contribution in [-0.4, -0.2) is 4.21 Å². The molecule has 0 atom stereocenters. The van der Waals surface area contributed by atoms with Crippen molar-refractivity contribution >= 4 is 35.6 Å². The number of hydrogen-bond acceptors (Lipinski definition) is 0. The second-order valence-corrected chi connectivity index (χ2v) is 25.4. The van der Waals surface area contributed by atoms with Gasteiger partial charge in [-0.05, 0) is 0 Å². The summed E-state index contributed by atoms with van der Waals surface area (Å²) in [6.07, 6.45) is 8.90. The molecular formula is C41H34Zr. The van der Waals surface area contributed by atoms with Crippen LogP contribution in [0.3, 0.4) is 0 Å². The Morgan fingerprint density at radius 1 is 0.619 bits per heavy atom. The van der Waals surface area contributed by atoms with Crippen molar-refractivity contribution in [1.29, 1.82) is 0 Å². The van der Waals surface area contributed by atoms with Gasteiger partial charge in [0.15, 0.2) is 0 Å². The number of benzene rings is 6. The van der Waals surface area contributed by atoms with E-state index in [-0.39, 0.29) is 0 Å². The van der Waals surface area contributed by atoms with E-state index in [2.05, 4.69) is 147 Å². The molecule has 8 rings (SSSR count). The summed E-state index contributed by atoms with van der Waals surface area (Å²) in [6, 6.07) is 44.0. The first-order chi connectivity index (χ1) is 20.5. The Balaban J connectivity index is 1.63. The Morgan fingerprint density at radius 3 is 1.90 bits per heavy atom. The van der Waals surface area contributed by atoms with Gasteiger partial charge in [-0.1, -0.05) is 0 Å². The maximum absolute atomic E-state index is 5.66. The Morgan fingerprint density at radius 2 is 1.24 bits per heavy atom. The molecule has 42 heavy (non-hydrogen) atoms. The Hall–Kier alpha value is -3.93. The second kappa shape index (κ2) is 9.29. The summed E-state index contributed by atoms with van der Waals surface area (Å²) in [5, 5.41) is 5.47. The van der Waals surface area contributed by atoms with Crippen molar-refractivity contribution in [1.82, 2.24) is 0 Å². The van der Waals surface area contributed by atoms with E-state index >= 15 is 0 Å². The van der Waals surface area contributed by atoms with E-state index in [1.54, 1.807) is 0 Å². The SMILES string of the molecule is [CH2]=[Zr]([C]1=CC=CC1)([c]1ccc(C)cc1)([c]1ccc(C)cc1)[c]1cccc2c1c1c(c3ccccc32)-c2ccccc2C1. The standard InChI is InChI=1S/C21H13.2C7H7.C5H5.CH2.Zr/c1-2-8-15-14(7-1)13-20-18-11-4-3-9-16(18)17-10-5-6-12-19(17)21(15)20;2*1-7-5-3-2-4-6-7;1-2-4-5-3-1;;/h1-10,12H,13H2;2*3-6H,1H3;1-3H,4H2;1H2;.